The van der Waals surface area contributed by atoms with Crippen LogP contribution in [0, 0.1) is 5.92 Å². The Hall–Kier alpha value is -2.12. The molecule has 2 heterocycles. The first-order valence-electron chi connectivity index (χ1n) is 8.57. The van der Waals surface area contributed by atoms with Crippen molar-refractivity contribution < 1.29 is 23.8 Å². The highest BCUT2D eigenvalue weighted by molar-refractivity contribution is 5.89. The lowest BCUT2D eigenvalue weighted by Crippen LogP contribution is -2.34. The molecule has 1 N–H and O–H groups in total. The second-order valence-electron chi connectivity index (χ2n) is 6.28. The van der Waals surface area contributed by atoms with Crippen molar-refractivity contribution >= 4 is 11.8 Å². The largest absolute Gasteiger partial charge is 0.497 e. The van der Waals surface area contributed by atoms with E-state index in [4.69, 9.17) is 14.2 Å². The summed E-state index contributed by atoms with van der Waals surface area (Å²) in [4.78, 5) is 26.2. The Balaban J connectivity index is 1.46. The van der Waals surface area contributed by atoms with Crippen LogP contribution in [0.2, 0.25) is 0 Å². The first-order chi connectivity index (χ1) is 12.2. The molecule has 25 heavy (non-hydrogen) atoms. The Morgan fingerprint density at radius 1 is 1.36 bits per heavy atom. The van der Waals surface area contributed by atoms with E-state index in [-0.39, 0.29) is 30.4 Å². The number of hydrogen-bond acceptors (Lipinski definition) is 5. The molecule has 0 aromatic heterocycles. The van der Waals surface area contributed by atoms with Crippen LogP contribution in [0.1, 0.15) is 18.4 Å². The molecule has 2 aliphatic heterocycles. The van der Waals surface area contributed by atoms with Gasteiger partial charge in [0.25, 0.3) is 0 Å². The van der Waals surface area contributed by atoms with Crippen LogP contribution in [-0.2, 0) is 25.6 Å². The lowest BCUT2D eigenvalue weighted by atomic mass is 10.1. The molecule has 136 valence electrons. The van der Waals surface area contributed by atoms with E-state index in [2.05, 4.69) is 5.32 Å². The molecule has 0 saturated carbocycles. The van der Waals surface area contributed by atoms with Gasteiger partial charge in [0.05, 0.1) is 26.2 Å². The van der Waals surface area contributed by atoms with E-state index < -0.39 is 0 Å². The van der Waals surface area contributed by atoms with Crippen molar-refractivity contribution in [3.63, 3.8) is 0 Å². The fourth-order valence-corrected chi connectivity index (χ4v) is 3.12. The minimum Gasteiger partial charge on any atom is -0.497 e. The van der Waals surface area contributed by atoms with E-state index >= 15 is 0 Å². The monoisotopic (exact) mass is 348 g/mol. The number of carbonyl (C=O) groups excluding carboxylic acids is 2. The molecule has 1 aromatic rings. The lowest BCUT2D eigenvalue weighted by molar-refractivity contribution is -0.129. The first kappa shape index (κ1) is 17.7. The van der Waals surface area contributed by atoms with Crippen LogP contribution in [0.3, 0.4) is 0 Å². The van der Waals surface area contributed by atoms with Crippen molar-refractivity contribution in [3.05, 3.63) is 29.8 Å². The summed E-state index contributed by atoms with van der Waals surface area (Å²) < 4.78 is 15.9. The normalized spacial score (nSPS) is 20.9. The van der Waals surface area contributed by atoms with Gasteiger partial charge >= 0.3 is 0 Å². The fourth-order valence-electron chi connectivity index (χ4n) is 3.12. The topological polar surface area (TPSA) is 77.1 Å². The molecule has 2 amide bonds. The minimum absolute atomic E-state index is 0.00503. The quantitative estimate of drug-likeness (QED) is 0.793. The van der Waals surface area contributed by atoms with Gasteiger partial charge in [0.15, 0.2) is 6.29 Å². The van der Waals surface area contributed by atoms with Gasteiger partial charge in [0, 0.05) is 32.5 Å². The third-order valence-electron chi connectivity index (χ3n) is 4.46. The van der Waals surface area contributed by atoms with Gasteiger partial charge < -0.3 is 24.4 Å². The predicted molar refractivity (Wildman–Crippen MR) is 89.8 cm³/mol. The highest BCUT2D eigenvalue weighted by Crippen LogP contribution is 2.22. The molecule has 0 aliphatic carbocycles. The number of carbonyl (C=O) groups is 2. The molecule has 0 spiro atoms. The highest BCUT2D eigenvalue weighted by atomic mass is 16.7. The first-order valence-corrected chi connectivity index (χ1v) is 8.57. The summed E-state index contributed by atoms with van der Waals surface area (Å²) in [5.74, 6) is 0.378. The van der Waals surface area contributed by atoms with E-state index in [0.29, 0.717) is 39.3 Å². The molecule has 0 bridgehead atoms. The summed E-state index contributed by atoms with van der Waals surface area (Å²) in [6.07, 6.45) is 0.654. The second kappa shape index (κ2) is 8.31. The molecule has 2 aliphatic rings. The van der Waals surface area contributed by atoms with Crippen molar-refractivity contribution in [2.24, 2.45) is 5.92 Å². The Morgan fingerprint density at radius 2 is 2.16 bits per heavy atom. The van der Waals surface area contributed by atoms with Gasteiger partial charge in [-0.2, -0.15) is 0 Å². The predicted octanol–water partition coefficient (Wildman–Crippen LogP) is 0.923. The summed E-state index contributed by atoms with van der Waals surface area (Å²) in [6.45, 7) is 2.63. The van der Waals surface area contributed by atoms with Gasteiger partial charge in [0.2, 0.25) is 11.8 Å². The molecular formula is C18H24N2O5. The molecule has 3 rings (SSSR count). The maximum atomic E-state index is 12.3. The van der Waals surface area contributed by atoms with Gasteiger partial charge in [0.1, 0.15) is 5.75 Å². The van der Waals surface area contributed by atoms with Gasteiger partial charge in [-0.15, -0.1) is 0 Å². The Morgan fingerprint density at radius 3 is 2.92 bits per heavy atom. The molecule has 1 aromatic carbocycles. The molecule has 1 atom stereocenters. The van der Waals surface area contributed by atoms with Crippen molar-refractivity contribution in [2.75, 3.05) is 33.4 Å². The molecule has 2 fully saturated rings. The summed E-state index contributed by atoms with van der Waals surface area (Å²) >= 11 is 0. The summed E-state index contributed by atoms with van der Waals surface area (Å²) in [5, 5.41) is 2.88. The van der Waals surface area contributed by atoms with Crippen molar-refractivity contribution in [2.45, 2.75) is 25.7 Å². The number of nitrogens with one attached hydrogen (secondary N) is 1. The minimum atomic E-state index is -0.302. The summed E-state index contributed by atoms with van der Waals surface area (Å²) in [5.41, 5.74) is 0.990. The standard InChI is InChI=1S/C18H24N2O5/c1-23-15-4-2-3-13(9-15)11-20-12-14(10-16(20)21)18(22)19-6-5-17-24-7-8-25-17/h2-4,9,14,17H,5-8,10-12H2,1H3,(H,19,22). The van der Waals surface area contributed by atoms with Crippen LogP contribution in [0.4, 0.5) is 0 Å². The number of benzene rings is 1. The average Bonchev–Trinajstić information content (AvgIpc) is 3.25. The number of methoxy groups -OCH3 is 1. The Labute approximate surface area is 147 Å². The van der Waals surface area contributed by atoms with E-state index in [1.165, 1.54) is 0 Å². The molecule has 2 saturated heterocycles. The number of nitrogens with zero attached hydrogens (tertiary/aromatic N) is 1. The van der Waals surface area contributed by atoms with Crippen molar-refractivity contribution in [1.82, 2.24) is 10.2 Å². The third-order valence-corrected chi connectivity index (χ3v) is 4.46. The zero-order valence-corrected chi connectivity index (χ0v) is 14.4. The zero-order chi connectivity index (χ0) is 17.6. The maximum absolute atomic E-state index is 12.3. The van der Waals surface area contributed by atoms with Crippen LogP contribution in [0.5, 0.6) is 5.75 Å². The highest BCUT2D eigenvalue weighted by Gasteiger charge is 2.34. The van der Waals surface area contributed by atoms with E-state index in [1.807, 2.05) is 24.3 Å². The molecule has 0 radical (unpaired) electrons. The van der Waals surface area contributed by atoms with Gasteiger partial charge in [-0.3, -0.25) is 9.59 Å². The molecule has 7 nitrogen and oxygen atoms in total. The number of ether oxygens (including phenoxy) is 3. The van der Waals surface area contributed by atoms with Crippen LogP contribution in [-0.4, -0.2) is 56.4 Å². The smallest absolute Gasteiger partial charge is 0.225 e. The van der Waals surface area contributed by atoms with E-state index in [0.717, 1.165) is 11.3 Å². The molecule has 1 unspecified atom stereocenters. The molecule has 7 heteroatoms. The van der Waals surface area contributed by atoms with Gasteiger partial charge in [-0.05, 0) is 17.7 Å². The molecular weight excluding hydrogens is 324 g/mol. The van der Waals surface area contributed by atoms with Crippen LogP contribution in [0.25, 0.3) is 0 Å². The van der Waals surface area contributed by atoms with Crippen LogP contribution < -0.4 is 10.1 Å². The fraction of sp³-hybridized carbons (Fsp3) is 0.556. The third kappa shape index (κ3) is 4.70. The average molecular weight is 348 g/mol. The Bertz CT molecular complexity index is 615. The number of rotatable bonds is 7. The number of hydrogen-bond donors (Lipinski definition) is 1. The lowest BCUT2D eigenvalue weighted by Gasteiger charge is -2.17. The number of likely N-dealkylation sites (tertiary alicyclic amines) is 1. The second-order valence-corrected chi connectivity index (χ2v) is 6.28. The van der Waals surface area contributed by atoms with Crippen molar-refractivity contribution in [3.8, 4) is 5.75 Å². The van der Waals surface area contributed by atoms with Crippen molar-refractivity contribution in [1.29, 1.82) is 0 Å². The SMILES string of the molecule is COc1cccc(CN2CC(C(=O)NCCC3OCCO3)CC2=O)c1. The summed E-state index contributed by atoms with van der Waals surface area (Å²) in [7, 11) is 1.61. The number of amides is 2. The Kier molecular flexibility index (Phi) is 5.88. The van der Waals surface area contributed by atoms with E-state index in [1.54, 1.807) is 12.0 Å². The van der Waals surface area contributed by atoms with E-state index in [9.17, 15) is 9.59 Å². The van der Waals surface area contributed by atoms with Gasteiger partial charge in [-0.25, -0.2) is 0 Å². The van der Waals surface area contributed by atoms with Gasteiger partial charge in [-0.1, -0.05) is 12.1 Å². The maximum Gasteiger partial charge on any atom is 0.225 e. The van der Waals surface area contributed by atoms with Crippen LogP contribution in [0.15, 0.2) is 24.3 Å². The zero-order valence-electron chi connectivity index (χ0n) is 14.4. The summed E-state index contributed by atoms with van der Waals surface area (Å²) in [6, 6.07) is 7.61. The van der Waals surface area contributed by atoms with Crippen LogP contribution >= 0.6 is 0 Å².